The monoisotopic (exact) mass is 370 g/mol. The highest BCUT2D eigenvalue weighted by Gasteiger charge is 2.64. The molecule has 2 rings (SSSR count). The summed E-state index contributed by atoms with van der Waals surface area (Å²) < 4.78 is 9.25. The number of nitrogens with zero attached hydrogens (tertiary/aromatic N) is 1. The molecule has 0 saturated carbocycles. The molecule has 8 nitrogen and oxygen atoms in total. The number of β-lactam (4-membered cyclic amide) rings is 1. The fraction of sp³-hybridized carbons (Fsp3) is 0.625. The van der Waals surface area contributed by atoms with Crippen LogP contribution in [-0.2, 0) is 28.7 Å². The van der Waals surface area contributed by atoms with Gasteiger partial charge >= 0.3 is 11.9 Å². The lowest BCUT2D eigenvalue weighted by molar-refractivity contribution is -0.164. The van der Waals surface area contributed by atoms with Gasteiger partial charge in [-0.25, -0.2) is 4.79 Å². The summed E-state index contributed by atoms with van der Waals surface area (Å²) >= 11 is 1.42. The van der Waals surface area contributed by atoms with Gasteiger partial charge in [-0.05, 0) is 20.8 Å². The first-order valence-electron chi connectivity index (χ1n) is 7.95. The third-order valence-electron chi connectivity index (χ3n) is 3.93. The van der Waals surface area contributed by atoms with Gasteiger partial charge in [-0.1, -0.05) is 12.7 Å². The first kappa shape index (κ1) is 19.3. The molecular formula is C16H22N2O6S. The largest absolute Gasteiger partial charge is 0.466 e. The van der Waals surface area contributed by atoms with Crippen LogP contribution in [0, 0.1) is 0 Å². The van der Waals surface area contributed by atoms with Gasteiger partial charge in [0.2, 0.25) is 11.8 Å². The van der Waals surface area contributed by atoms with E-state index in [1.54, 1.807) is 6.92 Å². The molecule has 2 saturated heterocycles. The third-order valence-corrected chi connectivity index (χ3v) is 5.51. The second-order valence-electron chi connectivity index (χ2n) is 6.21. The van der Waals surface area contributed by atoms with Gasteiger partial charge in [0.15, 0.2) is 0 Å². The molecule has 1 N–H and O–H groups in total. The van der Waals surface area contributed by atoms with E-state index in [4.69, 9.17) is 9.47 Å². The molecule has 2 fully saturated rings. The van der Waals surface area contributed by atoms with Crippen LogP contribution in [0.4, 0.5) is 0 Å². The van der Waals surface area contributed by atoms with E-state index in [0.29, 0.717) is 0 Å². The number of carbonyl (C=O) groups is 4. The number of esters is 2. The topological polar surface area (TPSA) is 102 Å². The molecule has 0 bridgehead atoms. The molecule has 1 unspecified atom stereocenters. The number of hydrogen-bond acceptors (Lipinski definition) is 7. The number of carbonyl (C=O) groups excluding carboxylic acids is 4. The van der Waals surface area contributed by atoms with Crippen molar-refractivity contribution in [2.24, 2.45) is 0 Å². The van der Waals surface area contributed by atoms with Gasteiger partial charge in [0, 0.05) is 4.75 Å². The third kappa shape index (κ3) is 3.81. The highest BCUT2D eigenvalue weighted by atomic mass is 32.2. The maximum atomic E-state index is 12.4. The number of hydrogen-bond donors (Lipinski definition) is 1. The Balaban J connectivity index is 2.01. The normalized spacial score (nSPS) is 26.3. The molecule has 0 aliphatic carbocycles. The average Bonchev–Trinajstić information content (AvgIpc) is 2.78. The quantitative estimate of drug-likeness (QED) is 0.296. The molecular weight excluding hydrogens is 348 g/mol. The Kier molecular flexibility index (Phi) is 5.76. The fourth-order valence-electron chi connectivity index (χ4n) is 2.91. The van der Waals surface area contributed by atoms with Crippen LogP contribution in [0.5, 0.6) is 0 Å². The van der Waals surface area contributed by atoms with Crippen molar-refractivity contribution < 1.29 is 28.7 Å². The second-order valence-corrected chi connectivity index (χ2v) is 7.98. The van der Waals surface area contributed by atoms with Gasteiger partial charge in [0.05, 0.1) is 6.61 Å². The maximum Gasteiger partial charge on any atom is 0.330 e. The lowest BCUT2D eigenvalue weighted by Crippen LogP contribution is -2.70. The number of rotatable bonds is 7. The summed E-state index contributed by atoms with van der Waals surface area (Å²) in [5.41, 5.74) is 0. The van der Waals surface area contributed by atoms with E-state index in [-0.39, 0.29) is 24.5 Å². The summed E-state index contributed by atoms with van der Waals surface area (Å²) in [5.74, 6) is -2.08. The summed E-state index contributed by atoms with van der Waals surface area (Å²) in [6, 6.07) is -1.49. The Bertz CT molecular complexity index is 605. The van der Waals surface area contributed by atoms with Gasteiger partial charge in [-0.2, -0.15) is 0 Å². The van der Waals surface area contributed by atoms with Gasteiger partial charge < -0.3 is 19.7 Å². The van der Waals surface area contributed by atoms with Crippen LogP contribution in [0.15, 0.2) is 12.7 Å². The first-order chi connectivity index (χ1) is 11.7. The Morgan fingerprint density at radius 2 is 2.04 bits per heavy atom. The molecule has 138 valence electrons. The minimum Gasteiger partial charge on any atom is -0.466 e. The highest BCUT2D eigenvalue weighted by Crippen LogP contribution is 2.51. The predicted octanol–water partition coefficient (Wildman–Crippen LogP) is 0.216. The number of fused-ring (bicyclic) bond motifs is 1. The lowest BCUT2D eigenvalue weighted by atomic mass is 9.96. The molecule has 2 heterocycles. The summed E-state index contributed by atoms with van der Waals surface area (Å²) in [5, 5.41) is 2.18. The van der Waals surface area contributed by atoms with Crippen molar-refractivity contribution in [3.8, 4) is 0 Å². The van der Waals surface area contributed by atoms with E-state index in [1.807, 2.05) is 13.8 Å². The molecule has 9 heteroatoms. The molecule has 0 aromatic rings. The van der Waals surface area contributed by atoms with Crippen LogP contribution < -0.4 is 5.32 Å². The Morgan fingerprint density at radius 1 is 1.36 bits per heavy atom. The van der Waals surface area contributed by atoms with Crippen LogP contribution in [0.3, 0.4) is 0 Å². The molecule has 0 aromatic heterocycles. The van der Waals surface area contributed by atoms with Crippen molar-refractivity contribution in [2.45, 2.75) is 49.4 Å². The van der Waals surface area contributed by atoms with Gasteiger partial charge in [0.25, 0.3) is 0 Å². The molecule has 0 spiro atoms. The lowest BCUT2D eigenvalue weighted by Gasteiger charge is -2.43. The smallest absolute Gasteiger partial charge is 0.330 e. The summed E-state index contributed by atoms with van der Waals surface area (Å²) in [6.07, 6.45) is 1.02. The Morgan fingerprint density at radius 3 is 2.64 bits per heavy atom. The van der Waals surface area contributed by atoms with Crippen molar-refractivity contribution in [1.29, 1.82) is 0 Å². The minimum absolute atomic E-state index is 0.0719. The maximum absolute atomic E-state index is 12.4. The fourth-order valence-corrected chi connectivity index (χ4v) is 4.53. The summed E-state index contributed by atoms with van der Waals surface area (Å²) in [6.45, 7) is 9.09. The molecule has 0 aromatic carbocycles. The number of amides is 2. The van der Waals surface area contributed by atoms with Gasteiger partial charge in [0.1, 0.15) is 30.5 Å². The number of nitrogens with one attached hydrogen (secondary N) is 1. The molecule has 3 atom stereocenters. The Hall–Kier alpha value is -2.03. The average molecular weight is 370 g/mol. The second kappa shape index (κ2) is 7.47. The molecule has 25 heavy (non-hydrogen) atoms. The molecule has 2 aliphatic rings. The van der Waals surface area contributed by atoms with Crippen LogP contribution in [-0.4, -0.2) is 64.1 Å². The van der Waals surface area contributed by atoms with Gasteiger partial charge in [-0.15, -0.1) is 11.8 Å². The van der Waals surface area contributed by atoms with Crippen molar-refractivity contribution in [2.75, 3.05) is 13.2 Å². The predicted molar refractivity (Wildman–Crippen MR) is 90.4 cm³/mol. The number of ether oxygens (including phenoxy) is 2. The summed E-state index contributed by atoms with van der Waals surface area (Å²) in [7, 11) is 0. The first-order valence-corrected chi connectivity index (χ1v) is 8.83. The van der Waals surface area contributed by atoms with E-state index in [0.717, 1.165) is 0 Å². The zero-order valence-corrected chi connectivity index (χ0v) is 15.3. The van der Waals surface area contributed by atoms with Crippen LogP contribution in [0.2, 0.25) is 0 Å². The van der Waals surface area contributed by atoms with E-state index in [9.17, 15) is 19.2 Å². The molecule has 2 aliphatic heterocycles. The van der Waals surface area contributed by atoms with Gasteiger partial charge in [-0.3, -0.25) is 14.4 Å². The van der Waals surface area contributed by atoms with Crippen molar-refractivity contribution in [1.82, 2.24) is 10.2 Å². The standard InChI is InChI=1S/C16H22N2O6S/c1-5-7-24-15(22)12-16(3,4)25-14-11(13(21)18(12)14)17-9(19)8-10(20)23-6-2/h5,11-12,14H,1,6-8H2,2-4H3,(H,17,19)/t11-,12?,14-/m1/s1. The van der Waals surface area contributed by atoms with E-state index in [2.05, 4.69) is 11.9 Å². The van der Waals surface area contributed by atoms with E-state index in [1.165, 1.54) is 22.7 Å². The zero-order chi connectivity index (χ0) is 18.8. The summed E-state index contributed by atoms with van der Waals surface area (Å²) in [4.78, 5) is 49.4. The SMILES string of the molecule is C=CCOC(=O)C1N2C(=O)[C@@H](NC(=O)CC(=O)OCC)[C@H]2SC1(C)C. The van der Waals surface area contributed by atoms with E-state index < -0.39 is 41.1 Å². The Labute approximate surface area is 150 Å². The van der Waals surface area contributed by atoms with Crippen LogP contribution in [0.25, 0.3) is 0 Å². The van der Waals surface area contributed by atoms with Crippen LogP contribution in [0.1, 0.15) is 27.2 Å². The number of thioether (sulfide) groups is 1. The molecule has 0 radical (unpaired) electrons. The van der Waals surface area contributed by atoms with Crippen LogP contribution >= 0.6 is 11.8 Å². The highest BCUT2D eigenvalue weighted by molar-refractivity contribution is 8.01. The molecule has 2 amide bonds. The minimum atomic E-state index is -0.761. The zero-order valence-electron chi connectivity index (χ0n) is 14.4. The van der Waals surface area contributed by atoms with Crippen molar-refractivity contribution in [3.05, 3.63) is 12.7 Å². The van der Waals surface area contributed by atoms with Crippen molar-refractivity contribution >= 4 is 35.5 Å². The van der Waals surface area contributed by atoms with Crippen molar-refractivity contribution in [3.63, 3.8) is 0 Å². The van der Waals surface area contributed by atoms with E-state index >= 15 is 0 Å².